The van der Waals surface area contributed by atoms with Gasteiger partial charge >= 0.3 is 0 Å². The molecule has 0 spiro atoms. The SMILES string of the molecule is CN(CC1CCCOC1)C(=O)CN1CCCNCC1. The Morgan fingerprint density at radius 1 is 1.37 bits per heavy atom. The van der Waals surface area contributed by atoms with Gasteiger partial charge in [-0.05, 0) is 38.3 Å². The number of hydrogen-bond donors (Lipinski definition) is 1. The van der Waals surface area contributed by atoms with Crippen molar-refractivity contribution in [2.45, 2.75) is 19.3 Å². The molecule has 1 unspecified atom stereocenters. The van der Waals surface area contributed by atoms with Crippen LogP contribution in [0.25, 0.3) is 0 Å². The minimum absolute atomic E-state index is 0.243. The van der Waals surface area contributed by atoms with E-state index < -0.39 is 0 Å². The molecule has 2 rings (SSSR count). The first-order valence-electron chi connectivity index (χ1n) is 7.50. The minimum atomic E-state index is 0.243. The van der Waals surface area contributed by atoms with Crippen molar-refractivity contribution in [2.75, 3.05) is 59.5 Å². The lowest BCUT2D eigenvalue weighted by molar-refractivity contribution is -0.132. The highest BCUT2D eigenvalue weighted by atomic mass is 16.5. The van der Waals surface area contributed by atoms with Crippen LogP contribution in [0.5, 0.6) is 0 Å². The van der Waals surface area contributed by atoms with Crippen LogP contribution in [0.15, 0.2) is 0 Å². The number of amides is 1. The zero-order chi connectivity index (χ0) is 13.5. The predicted molar refractivity (Wildman–Crippen MR) is 75.1 cm³/mol. The van der Waals surface area contributed by atoms with Crippen LogP contribution >= 0.6 is 0 Å². The smallest absolute Gasteiger partial charge is 0.236 e. The third-order valence-corrected chi connectivity index (χ3v) is 4.00. The number of rotatable bonds is 4. The second-order valence-corrected chi connectivity index (χ2v) is 5.74. The molecule has 19 heavy (non-hydrogen) atoms. The van der Waals surface area contributed by atoms with E-state index in [2.05, 4.69) is 10.2 Å². The molecule has 1 amide bonds. The molecule has 0 saturated carbocycles. The monoisotopic (exact) mass is 269 g/mol. The largest absolute Gasteiger partial charge is 0.381 e. The Labute approximate surface area is 116 Å². The molecule has 0 aromatic rings. The Bertz CT molecular complexity index is 272. The first kappa shape index (κ1) is 14.8. The predicted octanol–water partition coefficient (Wildman–Crippen LogP) is 0.167. The van der Waals surface area contributed by atoms with Gasteiger partial charge in [-0.2, -0.15) is 0 Å². The molecule has 2 aliphatic heterocycles. The summed E-state index contributed by atoms with van der Waals surface area (Å²) in [5.41, 5.74) is 0. The summed E-state index contributed by atoms with van der Waals surface area (Å²) in [6.45, 7) is 7.16. The molecule has 1 N–H and O–H groups in total. The molecule has 2 heterocycles. The molecule has 0 aromatic carbocycles. The summed E-state index contributed by atoms with van der Waals surface area (Å²) in [6.07, 6.45) is 3.45. The van der Waals surface area contributed by atoms with Crippen LogP contribution in [0.3, 0.4) is 0 Å². The van der Waals surface area contributed by atoms with Crippen LogP contribution in [0.4, 0.5) is 0 Å². The third kappa shape index (κ3) is 5.09. The molecule has 2 aliphatic rings. The molecule has 2 saturated heterocycles. The van der Waals surface area contributed by atoms with E-state index in [4.69, 9.17) is 4.74 Å². The summed E-state index contributed by atoms with van der Waals surface area (Å²) in [5, 5.41) is 3.36. The Morgan fingerprint density at radius 2 is 2.26 bits per heavy atom. The fraction of sp³-hybridized carbons (Fsp3) is 0.929. The van der Waals surface area contributed by atoms with E-state index in [1.165, 1.54) is 6.42 Å². The van der Waals surface area contributed by atoms with Crippen LogP contribution in [-0.4, -0.2) is 75.2 Å². The molecule has 0 radical (unpaired) electrons. The average molecular weight is 269 g/mol. The number of carbonyl (C=O) groups excluding carboxylic acids is 1. The van der Waals surface area contributed by atoms with E-state index in [1.807, 2.05) is 11.9 Å². The molecule has 5 heteroatoms. The van der Waals surface area contributed by atoms with E-state index in [9.17, 15) is 4.79 Å². The van der Waals surface area contributed by atoms with Crippen LogP contribution in [-0.2, 0) is 9.53 Å². The van der Waals surface area contributed by atoms with Gasteiger partial charge in [0, 0.05) is 33.3 Å². The van der Waals surface area contributed by atoms with Gasteiger partial charge < -0.3 is 15.0 Å². The van der Waals surface area contributed by atoms with Gasteiger partial charge in [0.2, 0.25) is 5.91 Å². The number of ether oxygens (including phenoxy) is 1. The molecular formula is C14H27N3O2. The fourth-order valence-electron chi connectivity index (χ4n) is 2.81. The van der Waals surface area contributed by atoms with Gasteiger partial charge in [0.25, 0.3) is 0 Å². The Kier molecular flexibility index (Phi) is 6.07. The van der Waals surface area contributed by atoms with Crippen LogP contribution in [0, 0.1) is 5.92 Å². The van der Waals surface area contributed by atoms with Crippen molar-refractivity contribution in [1.82, 2.24) is 15.1 Å². The van der Waals surface area contributed by atoms with Gasteiger partial charge in [-0.3, -0.25) is 9.69 Å². The highest BCUT2D eigenvalue weighted by Gasteiger charge is 2.20. The maximum Gasteiger partial charge on any atom is 0.236 e. The second-order valence-electron chi connectivity index (χ2n) is 5.74. The van der Waals surface area contributed by atoms with Crippen molar-refractivity contribution in [3.8, 4) is 0 Å². The van der Waals surface area contributed by atoms with Crippen molar-refractivity contribution in [3.63, 3.8) is 0 Å². The maximum atomic E-state index is 12.2. The van der Waals surface area contributed by atoms with Crippen LogP contribution in [0.1, 0.15) is 19.3 Å². The molecule has 5 nitrogen and oxygen atoms in total. The molecule has 2 fully saturated rings. The number of nitrogens with one attached hydrogen (secondary N) is 1. The van der Waals surface area contributed by atoms with Crippen molar-refractivity contribution in [2.24, 2.45) is 5.92 Å². The Balaban J connectivity index is 1.71. The van der Waals surface area contributed by atoms with Gasteiger partial charge in [-0.15, -0.1) is 0 Å². The number of likely N-dealkylation sites (N-methyl/N-ethyl adjacent to an activating group) is 1. The van der Waals surface area contributed by atoms with Crippen LogP contribution in [0.2, 0.25) is 0 Å². The van der Waals surface area contributed by atoms with Crippen molar-refractivity contribution in [1.29, 1.82) is 0 Å². The molecule has 0 aromatic heterocycles. The molecule has 0 aliphatic carbocycles. The topological polar surface area (TPSA) is 44.8 Å². The zero-order valence-electron chi connectivity index (χ0n) is 12.1. The van der Waals surface area contributed by atoms with Crippen LogP contribution < -0.4 is 5.32 Å². The first-order chi connectivity index (χ1) is 9.25. The van der Waals surface area contributed by atoms with Gasteiger partial charge in [0.05, 0.1) is 13.2 Å². The number of carbonyl (C=O) groups is 1. The molecule has 1 atom stereocenters. The highest BCUT2D eigenvalue weighted by molar-refractivity contribution is 5.78. The second kappa shape index (κ2) is 7.82. The fourth-order valence-corrected chi connectivity index (χ4v) is 2.81. The normalized spacial score (nSPS) is 25.8. The molecule has 110 valence electrons. The minimum Gasteiger partial charge on any atom is -0.381 e. The summed E-state index contributed by atoms with van der Waals surface area (Å²) in [6, 6.07) is 0. The van der Waals surface area contributed by atoms with Gasteiger partial charge in [0.1, 0.15) is 0 Å². The summed E-state index contributed by atoms with van der Waals surface area (Å²) >= 11 is 0. The van der Waals surface area contributed by atoms with Crippen molar-refractivity contribution < 1.29 is 9.53 Å². The first-order valence-corrected chi connectivity index (χ1v) is 7.50. The van der Waals surface area contributed by atoms with Crippen molar-refractivity contribution >= 4 is 5.91 Å². The van der Waals surface area contributed by atoms with Gasteiger partial charge in [-0.1, -0.05) is 0 Å². The lowest BCUT2D eigenvalue weighted by atomic mass is 10.0. The standard InChI is InChI=1S/C14H27N3O2/c1-16(10-13-4-2-9-19-12-13)14(18)11-17-7-3-5-15-6-8-17/h13,15H,2-12H2,1H3. The Hall–Kier alpha value is -0.650. The number of nitrogens with zero attached hydrogens (tertiary/aromatic N) is 2. The lowest BCUT2D eigenvalue weighted by Gasteiger charge is -2.29. The van der Waals surface area contributed by atoms with Crippen molar-refractivity contribution in [3.05, 3.63) is 0 Å². The van der Waals surface area contributed by atoms with E-state index >= 15 is 0 Å². The lowest BCUT2D eigenvalue weighted by Crippen LogP contribution is -2.42. The molecule has 0 bridgehead atoms. The summed E-state index contributed by atoms with van der Waals surface area (Å²) in [4.78, 5) is 16.4. The van der Waals surface area contributed by atoms with Gasteiger partial charge in [0.15, 0.2) is 0 Å². The average Bonchev–Trinajstić information content (AvgIpc) is 2.68. The van der Waals surface area contributed by atoms with Gasteiger partial charge in [-0.25, -0.2) is 0 Å². The highest BCUT2D eigenvalue weighted by Crippen LogP contribution is 2.14. The van der Waals surface area contributed by atoms with E-state index in [0.29, 0.717) is 12.5 Å². The number of hydrogen-bond acceptors (Lipinski definition) is 4. The zero-order valence-corrected chi connectivity index (χ0v) is 12.1. The van der Waals surface area contributed by atoms with E-state index in [0.717, 1.165) is 58.8 Å². The molecular weight excluding hydrogens is 242 g/mol. The summed E-state index contributed by atoms with van der Waals surface area (Å²) < 4.78 is 5.47. The maximum absolute atomic E-state index is 12.2. The summed E-state index contributed by atoms with van der Waals surface area (Å²) in [7, 11) is 1.92. The van der Waals surface area contributed by atoms with E-state index in [-0.39, 0.29) is 5.91 Å². The quantitative estimate of drug-likeness (QED) is 0.790. The third-order valence-electron chi connectivity index (χ3n) is 4.00. The summed E-state index contributed by atoms with van der Waals surface area (Å²) in [5.74, 6) is 0.765. The van der Waals surface area contributed by atoms with E-state index in [1.54, 1.807) is 0 Å². The Morgan fingerprint density at radius 3 is 3.05 bits per heavy atom.